The van der Waals surface area contributed by atoms with E-state index >= 15 is 0 Å². The molecule has 0 atom stereocenters. The van der Waals surface area contributed by atoms with Crippen molar-refractivity contribution >= 4 is 31.9 Å². The van der Waals surface area contributed by atoms with E-state index in [4.69, 9.17) is 5.14 Å². The van der Waals surface area contributed by atoms with Gasteiger partial charge in [-0.3, -0.25) is 4.79 Å². The molecule has 8 heteroatoms. The summed E-state index contributed by atoms with van der Waals surface area (Å²) in [5, 5.41) is 5.05. The minimum Gasteiger partial charge on any atom is -0.342 e. The van der Waals surface area contributed by atoms with E-state index in [9.17, 15) is 17.6 Å². The zero-order valence-electron chi connectivity index (χ0n) is 12.1. The Hall–Kier alpha value is -0.990. The highest BCUT2D eigenvalue weighted by Crippen LogP contribution is 2.25. The van der Waals surface area contributed by atoms with Crippen molar-refractivity contribution in [2.45, 2.75) is 25.2 Å². The minimum atomic E-state index is -4.04. The van der Waals surface area contributed by atoms with E-state index in [1.165, 1.54) is 4.90 Å². The zero-order valence-corrected chi connectivity index (χ0v) is 14.5. The van der Waals surface area contributed by atoms with Crippen LogP contribution < -0.4 is 5.14 Å². The number of benzene rings is 1. The summed E-state index contributed by atoms with van der Waals surface area (Å²) in [6, 6.07) is 1.90. The number of amides is 1. The van der Waals surface area contributed by atoms with Crippen molar-refractivity contribution in [2.75, 3.05) is 13.6 Å². The van der Waals surface area contributed by atoms with Gasteiger partial charge in [0.2, 0.25) is 10.0 Å². The highest BCUT2D eigenvalue weighted by molar-refractivity contribution is 9.10. The fourth-order valence-corrected chi connectivity index (χ4v) is 3.28. The van der Waals surface area contributed by atoms with E-state index in [1.54, 1.807) is 7.05 Å². The van der Waals surface area contributed by atoms with Crippen LogP contribution >= 0.6 is 15.9 Å². The maximum atomic E-state index is 13.9. The quantitative estimate of drug-likeness (QED) is 0.850. The summed E-state index contributed by atoms with van der Waals surface area (Å²) in [5.41, 5.74) is -0.312. The number of hydrogen-bond donors (Lipinski definition) is 1. The van der Waals surface area contributed by atoms with Crippen molar-refractivity contribution in [1.29, 1.82) is 0 Å². The number of nitrogens with zero attached hydrogens (tertiary/aromatic N) is 1. The molecule has 21 heavy (non-hydrogen) atoms. The summed E-state index contributed by atoms with van der Waals surface area (Å²) >= 11 is 2.93. The van der Waals surface area contributed by atoms with Gasteiger partial charge in [0.1, 0.15) is 5.82 Å². The predicted octanol–water partition coefficient (Wildman–Crippen LogP) is 2.35. The zero-order chi connectivity index (χ0) is 16.4. The molecule has 5 nitrogen and oxygen atoms in total. The summed E-state index contributed by atoms with van der Waals surface area (Å²) in [6.07, 6.45) is 0.766. The van der Waals surface area contributed by atoms with Gasteiger partial charge in [-0.15, -0.1) is 0 Å². The Labute approximate surface area is 132 Å². The van der Waals surface area contributed by atoms with Gasteiger partial charge in [0.15, 0.2) is 0 Å². The van der Waals surface area contributed by atoms with Gasteiger partial charge < -0.3 is 4.90 Å². The van der Waals surface area contributed by atoms with Crippen LogP contribution in [-0.4, -0.2) is 32.8 Å². The fourth-order valence-electron chi connectivity index (χ4n) is 1.67. The number of carbonyl (C=O) groups excluding carboxylic acids is 1. The van der Waals surface area contributed by atoms with Crippen molar-refractivity contribution in [3.63, 3.8) is 0 Å². The van der Waals surface area contributed by atoms with Crippen LogP contribution in [0.4, 0.5) is 4.39 Å². The molecular formula is C13H18BrFN2O3S. The second-order valence-corrected chi connectivity index (χ2v) is 7.60. The second kappa shape index (κ2) is 6.85. The fraction of sp³-hybridized carbons (Fsp3) is 0.462. The molecule has 118 valence electrons. The third-order valence-corrected chi connectivity index (χ3v) is 4.82. The smallest absolute Gasteiger partial charge is 0.256 e. The average Bonchev–Trinajstić information content (AvgIpc) is 2.33. The lowest BCUT2D eigenvalue weighted by Gasteiger charge is -2.19. The van der Waals surface area contributed by atoms with Crippen molar-refractivity contribution in [1.82, 2.24) is 4.90 Å². The van der Waals surface area contributed by atoms with E-state index in [0.717, 1.165) is 18.6 Å². The predicted molar refractivity (Wildman–Crippen MR) is 81.9 cm³/mol. The van der Waals surface area contributed by atoms with E-state index in [-0.39, 0.29) is 14.9 Å². The summed E-state index contributed by atoms with van der Waals surface area (Å²) in [7, 11) is -2.50. The monoisotopic (exact) mass is 380 g/mol. The first-order chi connectivity index (χ1) is 9.54. The molecule has 0 saturated heterocycles. The maximum absolute atomic E-state index is 13.9. The van der Waals surface area contributed by atoms with Gasteiger partial charge in [-0.05, 0) is 40.4 Å². The van der Waals surface area contributed by atoms with Crippen LogP contribution in [0.5, 0.6) is 0 Å². The van der Waals surface area contributed by atoms with Gasteiger partial charge in [0.25, 0.3) is 5.91 Å². The second-order valence-electron chi connectivity index (χ2n) is 5.22. The molecule has 0 aromatic heterocycles. The van der Waals surface area contributed by atoms with Crippen LogP contribution in [0, 0.1) is 11.7 Å². The van der Waals surface area contributed by atoms with Crippen LogP contribution in [0.1, 0.15) is 30.6 Å². The SMILES string of the molecule is CC(C)CCN(C)C(=O)c1cc(S(N)(=O)=O)c(Br)cc1F. The standard InChI is InChI=1S/C13H18BrFN2O3S/c1-8(2)4-5-17(3)13(18)9-6-12(21(16,19)20)10(14)7-11(9)15/h6-8H,4-5H2,1-3H3,(H2,16,19,20). The summed E-state index contributed by atoms with van der Waals surface area (Å²) in [4.78, 5) is 13.2. The number of sulfonamides is 1. The molecular weight excluding hydrogens is 363 g/mol. The van der Waals surface area contributed by atoms with E-state index < -0.39 is 21.7 Å². The van der Waals surface area contributed by atoms with Gasteiger partial charge in [0.05, 0.1) is 10.5 Å². The Bertz CT molecular complexity index is 647. The number of primary sulfonamides is 1. The maximum Gasteiger partial charge on any atom is 0.256 e. The molecule has 1 amide bonds. The molecule has 0 bridgehead atoms. The molecule has 0 aliphatic rings. The van der Waals surface area contributed by atoms with Crippen LogP contribution in [0.3, 0.4) is 0 Å². The summed E-state index contributed by atoms with van der Waals surface area (Å²) < 4.78 is 36.8. The van der Waals surface area contributed by atoms with Crippen molar-refractivity contribution in [3.05, 3.63) is 28.0 Å². The minimum absolute atomic E-state index is 0.0103. The number of nitrogens with two attached hydrogens (primary N) is 1. The molecule has 2 N–H and O–H groups in total. The molecule has 1 aromatic rings. The number of hydrogen-bond acceptors (Lipinski definition) is 3. The number of rotatable bonds is 5. The lowest BCUT2D eigenvalue weighted by Crippen LogP contribution is -2.29. The Morgan fingerprint density at radius 3 is 2.48 bits per heavy atom. The third-order valence-electron chi connectivity index (χ3n) is 2.95. The first-order valence-corrected chi connectivity index (χ1v) is 8.65. The molecule has 0 aliphatic carbocycles. The van der Waals surface area contributed by atoms with Crippen LogP contribution in [0.2, 0.25) is 0 Å². The van der Waals surface area contributed by atoms with Crippen LogP contribution in [0.15, 0.2) is 21.5 Å². The molecule has 0 heterocycles. The highest BCUT2D eigenvalue weighted by atomic mass is 79.9. The Morgan fingerprint density at radius 2 is 2.00 bits per heavy atom. The molecule has 0 fully saturated rings. The van der Waals surface area contributed by atoms with E-state index in [1.807, 2.05) is 13.8 Å². The van der Waals surface area contributed by atoms with E-state index in [2.05, 4.69) is 15.9 Å². The third kappa shape index (κ3) is 4.76. The van der Waals surface area contributed by atoms with Crippen LogP contribution in [0.25, 0.3) is 0 Å². The van der Waals surface area contributed by atoms with Gasteiger partial charge in [-0.1, -0.05) is 13.8 Å². The lowest BCUT2D eigenvalue weighted by molar-refractivity contribution is 0.0784. The average molecular weight is 381 g/mol. The topological polar surface area (TPSA) is 80.5 Å². The summed E-state index contributed by atoms with van der Waals surface area (Å²) in [5.74, 6) is -0.976. The molecule has 0 radical (unpaired) electrons. The van der Waals surface area contributed by atoms with Gasteiger partial charge in [-0.25, -0.2) is 17.9 Å². The summed E-state index contributed by atoms with van der Waals surface area (Å²) in [6.45, 7) is 4.48. The highest BCUT2D eigenvalue weighted by Gasteiger charge is 2.22. The molecule has 0 spiro atoms. The van der Waals surface area contributed by atoms with Crippen LogP contribution in [-0.2, 0) is 10.0 Å². The Balaban J connectivity index is 3.16. The van der Waals surface area contributed by atoms with Gasteiger partial charge >= 0.3 is 0 Å². The Morgan fingerprint density at radius 1 is 1.43 bits per heavy atom. The van der Waals surface area contributed by atoms with Gasteiger partial charge in [0, 0.05) is 18.1 Å². The van der Waals surface area contributed by atoms with E-state index in [0.29, 0.717) is 12.5 Å². The molecule has 1 rings (SSSR count). The molecule has 0 unspecified atom stereocenters. The first kappa shape index (κ1) is 18.1. The molecule has 1 aromatic carbocycles. The van der Waals surface area contributed by atoms with Crippen molar-refractivity contribution in [3.8, 4) is 0 Å². The Kier molecular flexibility index (Phi) is 5.89. The normalized spacial score (nSPS) is 11.8. The van der Waals surface area contributed by atoms with Gasteiger partial charge in [-0.2, -0.15) is 0 Å². The molecule has 0 saturated carbocycles. The number of carbonyl (C=O) groups is 1. The molecule has 0 aliphatic heterocycles. The van der Waals surface area contributed by atoms with Crippen molar-refractivity contribution < 1.29 is 17.6 Å². The lowest BCUT2D eigenvalue weighted by atomic mass is 10.1. The number of halogens is 2. The largest absolute Gasteiger partial charge is 0.342 e. The first-order valence-electron chi connectivity index (χ1n) is 6.31. The van der Waals surface area contributed by atoms with Crippen molar-refractivity contribution in [2.24, 2.45) is 11.1 Å².